The van der Waals surface area contributed by atoms with Crippen LogP contribution in [-0.2, 0) is 33.9 Å². The predicted molar refractivity (Wildman–Crippen MR) is 136 cm³/mol. The fraction of sp³-hybridized carbons (Fsp3) is 0.370. The molecule has 0 radical (unpaired) electrons. The Morgan fingerprint density at radius 2 is 1.82 bits per heavy atom. The van der Waals surface area contributed by atoms with E-state index in [0.717, 1.165) is 45.6 Å². The first-order valence-electron chi connectivity index (χ1n) is 11.3. The zero-order chi connectivity index (χ0) is 25.0. The van der Waals surface area contributed by atoms with Crippen molar-refractivity contribution < 1.29 is 14.3 Å². The van der Waals surface area contributed by atoms with Crippen molar-refractivity contribution in [2.75, 3.05) is 0 Å². The average Bonchev–Trinajstić information content (AvgIpc) is 2.78. The van der Waals surface area contributed by atoms with E-state index in [4.69, 9.17) is 38.7 Å². The highest BCUT2D eigenvalue weighted by Gasteiger charge is 2.26. The first kappa shape index (κ1) is 26.1. The molecule has 0 fully saturated rings. The fourth-order valence-corrected chi connectivity index (χ4v) is 4.50. The molecule has 0 spiro atoms. The van der Waals surface area contributed by atoms with Crippen LogP contribution < -0.4 is 5.73 Å². The lowest BCUT2D eigenvalue weighted by Gasteiger charge is -2.23. The van der Waals surface area contributed by atoms with E-state index in [1.165, 1.54) is 0 Å². The molecule has 7 heteroatoms. The lowest BCUT2D eigenvalue weighted by Crippen LogP contribution is -2.16. The summed E-state index contributed by atoms with van der Waals surface area (Å²) in [5, 5.41) is -1.20. The van der Waals surface area contributed by atoms with E-state index in [9.17, 15) is 9.59 Å². The predicted octanol–water partition coefficient (Wildman–Crippen LogP) is 5.90. The summed E-state index contributed by atoms with van der Waals surface area (Å²) in [6.07, 6.45) is 4.16. The summed E-state index contributed by atoms with van der Waals surface area (Å²) in [7, 11) is 0. The monoisotopic (exact) mass is 500 g/mol. The van der Waals surface area contributed by atoms with Crippen LogP contribution in [0.1, 0.15) is 48.3 Å². The van der Waals surface area contributed by atoms with E-state index >= 15 is 0 Å². The Morgan fingerprint density at radius 3 is 2.38 bits per heavy atom. The Balaban J connectivity index is 2.08. The smallest absolute Gasteiger partial charge is 0.252 e. The van der Waals surface area contributed by atoms with Crippen molar-refractivity contribution in [3.63, 3.8) is 0 Å². The van der Waals surface area contributed by atoms with Gasteiger partial charge < -0.3 is 10.5 Å². The Hall–Kier alpha value is -2.47. The molecule has 0 amide bonds. The number of carbonyl (C=O) groups excluding carboxylic acids is 2. The number of ether oxygens (including phenoxy) is 1. The summed E-state index contributed by atoms with van der Waals surface area (Å²) in [6.45, 7) is 8.84. The van der Waals surface area contributed by atoms with Crippen LogP contribution in [-0.4, -0.2) is 15.5 Å². The number of aromatic nitrogens is 1. The van der Waals surface area contributed by atoms with Crippen molar-refractivity contribution in [2.45, 2.75) is 53.7 Å². The van der Waals surface area contributed by atoms with Crippen LogP contribution in [0, 0.1) is 25.7 Å². The van der Waals surface area contributed by atoms with Crippen molar-refractivity contribution in [3.05, 3.63) is 75.8 Å². The maximum Gasteiger partial charge on any atom is 0.252 e. The van der Waals surface area contributed by atoms with E-state index in [1.807, 2.05) is 13.8 Å². The SMILES string of the molecule is Cc1ccc(-c2c(COC3=C(C(=O)Cl)CC(C(=O)Cl)C=C3)c(C)nc(CC(C)C)c2CN)cc1. The van der Waals surface area contributed by atoms with Crippen LogP contribution in [0.25, 0.3) is 11.1 Å². The number of nitrogens with zero attached hydrogens (tertiary/aromatic N) is 1. The highest BCUT2D eigenvalue weighted by molar-refractivity contribution is 6.68. The lowest BCUT2D eigenvalue weighted by atomic mass is 9.90. The van der Waals surface area contributed by atoms with Gasteiger partial charge in [-0.25, -0.2) is 0 Å². The van der Waals surface area contributed by atoms with Crippen LogP contribution >= 0.6 is 23.2 Å². The maximum absolute atomic E-state index is 12.0. The fourth-order valence-electron chi connectivity index (χ4n) is 4.18. The third-order valence-corrected chi connectivity index (χ3v) is 6.45. The molecule has 3 rings (SSSR count). The molecular weight excluding hydrogens is 471 g/mol. The number of aryl methyl sites for hydroxylation is 2. The Morgan fingerprint density at radius 1 is 1.15 bits per heavy atom. The number of halogens is 2. The van der Waals surface area contributed by atoms with Crippen molar-refractivity contribution >= 4 is 33.7 Å². The van der Waals surface area contributed by atoms with Gasteiger partial charge in [0.15, 0.2) is 0 Å². The zero-order valence-corrected chi connectivity index (χ0v) is 21.5. The molecule has 1 unspecified atom stereocenters. The second-order valence-corrected chi connectivity index (χ2v) is 9.74. The van der Waals surface area contributed by atoms with Gasteiger partial charge in [-0.05, 0) is 78.6 Å². The van der Waals surface area contributed by atoms with E-state index in [2.05, 4.69) is 38.1 Å². The molecule has 0 aliphatic heterocycles. The molecular formula is C27H30Cl2N2O3. The number of nitrogens with two attached hydrogens (primary N) is 1. The summed E-state index contributed by atoms with van der Waals surface area (Å²) in [5.74, 6) is 0.166. The Bertz CT molecular complexity index is 1150. The Kier molecular flexibility index (Phi) is 8.69. The molecule has 1 aromatic carbocycles. The largest absolute Gasteiger partial charge is 0.488 e. The summed E-state index contributed by atoms with van der Waals surface area (Å²) < 4.78 is 6.11. The molecule has 1 heterocycles. The molecule has 2 N–H and O–H groups in total. The number of hydrogen-bond donors (Lipinski definition) is 1. The van der Waals surface area contributed by atoms with E-state index in [0.29, 0.717) is 18.2 Å². The first-order chi connectivity index (χ1) is 16.1. The number of benzene rings is 1. The molecule has 1 aliphatic rings. The van der Waals surface area contributed by atoms with E-state index in [-0.39, 0.29) is 18.6 Å². The number of rotatable bonds is 9. The molecule has 2 aromatic rings. The first-order valence-corrected chi connectivity index (χ1v) is 12.1. The average molecular weight is 501 g/mol. The summed E-state index contributed by atoms with van der Waals surface area (Å²) in [5.41, 5.74) is 13.4. The number of pyridine rings is 1. The quantitative estimate of drug-likeness (QED) is 0.433. The molecule has 5 nitrogen and oxygen atoms in total. The number of carbonyl (C=O) groups is 2. The van der Waals surface area contributed by atoms with Gasteiger partial charge in [0.2, 0.25) is 5.24 Å². The third-order valence-electron chi connectivity index (χ3n) is 5.94. The van der Waals surface area contributed by atoms with Crippen LogP contribution in [0.15, 0.2) is 47.7 Å². The van der Waals surface area contributed by atoms with Crippen LogP contribution in [0.2, 0.25) is 0 Å². The van der Waals surface area contributed by atoms with Gasteiger partial charge in [0.05, 0.1) is 11.5 Å². The summed E-state index contributed by atoms with van der Waals surface area (Å²) in [4.78, 5) is 28.5. The van der Waals surface area contributed by atoms with Gasteiger partial charge in [-0.2, -0.15) is 0 Å². The van der Waals surface area contributed by atoms with Gasteiger partial charge in [0, 0.05) is 23.5 Å². The third kappa shape index (κ3) is 5.96. The Labute approximate surface area is 211 Å². The van der Waals surface area contributed by atoms with Crippen molar-refractivity contribution in [3.8, 4) is 11.1 Å². The van der Waals surface area contributed by atoms with Crippen LogP contribution in [0.5, 0.6) is 0 Å². The van der Waals surface area contributed by atoms with Crippen molar-refractivity contribution in [1.29, 1.82) is 0 Å². The summed E-state index contributed by atoms with van der Waals surface area (Å²) in [6, 6.07) is 8.29. The van der Waals surface area contributed by atoms with Crippen molar-refractivity contribution in [2.24, 2.45) is 17.6 Å². The highest BCUT2D eigenvalue weighted by atomic mass is 35.5. The topological polar surface area (TPSA) is 82.3 Å². The van der Waals surface area contributed by atoms with Crippen molar-refractivity contribution in [1.82, 2.24) is 4.98 Å². The zero-order valence-electron chi connectivity index (χ0n) is 20.0. The van der Waals surface area contributed by atoms with E-state index in [1.54, 1.807) is 12.2 Å². The minimum absolute atomic E-state index is 0.111. The molecule has 1 atom stereocenters. The maximum atomic E-state index is 12.0. The second kappa shape index (κ2) is 11.3. The molecule has 34 heavy (non-hydrogen) atoms. The van der Waals surface area contributed by atoms with Gasteiger partial charge >= 0.3 is 0 Å². The lowest BCUT2D eigenvalue weighted by molar-refractivity contribution is -0.114. The van der Waals surface area contributed by atoms with Gasteiger partial charge in [0.1, 0.15) is 12.4 Å². The molecule has 180 valence electrons. The molecule has 1 aromatic heterocycles. The van der Waals surface area contributed by atoms with Crippen LogP contribution in [0.3, 0.4) is 0 Å². The van der Waals surface area contributed by atoms with Gasteiger partial charge in [-0.3, -0.25) is 14.6 Å². The van der Waals surface area contributed by atoms with E-state index < -0.39 is 16.4 Å². The molecule has 0 saturated carbocycles. The molecule has 0 bridgehead atoms. The minimum Gasteiger partial charge on any atom is -0.488 e. The number of allylic oxidation sites excluding steroid dienone is 3. The number of hydrogen-bond acceptors (Lipinski definition) is 5. The van der Waals surface area contributed by atoms with Crippen LogP contribution in [0.4, 0.5) is 0 Å². The highest BCUT2D eigenvalue weighted by Crippen LogP contribution is 2.35. The summed E-state index contributed by atoms with van der Waals surface area (Å²) >= 11 is 11.4. The van der Waals surface area contributed by atoms with Gasteiger partial charge in [-0.15, -0.1) is 0 Å². The minimum atomic E-state index is -0.661. The molecule has 0 saturated heterocycles. The molecule has 1 aliphatic carbocycles. The standard InChI is InChI=1S/C27H30Cl2N2O3/c1-15(2)11-23-21(13-30)25(18-7-5-16(3)6-8-18)22(17(4)31-23)14-34-24-10-9-19(26(28)32)12-20(24)27(29)33/h5-10,15,19H,11-14,30H2,1-4H3. The second-order valence-electron chi connectivity index (χ2n) is 9.02. The van der Waals surface area contributed by atoms with Gasteiger partial charge in [0.25, 0.3) is 5.24 Å². The van der Waals surface area contributed by atoms with Gasteiger partial charge in [-0.1, -0.05) is 49.8 Å². The normalized spacial score (nSPS) is 15.7.